The topological polar surface area (TPSA) is 96.7 Å². The minimum Gasteiger partial charge on any atom is -0.355 e. The molecule has 2 aliphatic rings. The molecule has 9 heteroatoms. The highest BCUT2D eigenvalue weighted by Crippen LogP contribution is 2.30. The van der Waals surface area contributed by atoms with E-state index in [1.165, 1.54) is 0 Å². The van der Waals surface area contributed by atoms with E-state index in [4.69, 9.17) is 0 Å². The molecular weight excluding hydrogens is 414 g/mol. The number of amides is 1. The molecular formula is C22H21N5O3S. The summed E-state index contributed by atoms with van der Waals surface area (Å²) in [7, 11) is -3.64. The average molecular weight is 436 g/mol. The molecule has 1 saturated heterocycles. The van der Waals surface area contributed by atoms with Gasteiger partial charge in [0.25, 0.3) is 10.0 Å². The Balaban J connectivity index is 1.28. The Bertz CT molecular complexity index is 1260. The van der Waals surface area contributed by atoms with Crippen molar-refractivity contribution in [2.75, 3.05) is 18.4 Å². The number of carbonyl (C=O) groups excluding carboxylic acids is 1. The Morgan fingerprint density at radius 1 is 1.03 bits per heavy atom. The summed E-state index contributed by atoms with van der Waals surface area (Å²) in [5.41, 5.74) is 2.22. The normalized spacial score (nSPS) is 17.8. The van der Waals surface area contributed by atoms with Crippen LogP contribution in [0, 0.1) is 5.92 Å². The summed E-state index contributed by atoms with van der Waals surface area (Å²) in [6, 6.07) is 14.5. The van der Waals surface area contributed by atoms with Gasteiger partial charge in [0.15, 0.2) is 5.84 Å². The molecule has 0 atom stereocenters. The van der Waals surface area contributed by atoms with Gasteiger partial charge < -0.3 is 14.8 Å². The van der Waals surface area contributed by atoms with Crippen LogP contribution < -0.4 is 5.32 Å². The zero-order valence-electron chi connectivity index (χ0n) is 16.7. The number of carbonyl (C=O) groups is 1. The van der Waals surface area contributed by atoms with E-state index >= 15 is 0 Å². The van der Waals surface area contributed by atoms with Crippen LogP contribution in [0.3, 0.4) is 0 Å². The third kappa shape index (κ3) is 3.61. The number of rotatable bonds is 3. The maximum atomic E-state index is 12.9. The Labute approximate surface area is 180 Å². The van der Waals surface area contributed by atoms with Gasteiger partial charge in [-0.3, -0.25) is 4.79 Å². The minimum absolute atomic E-state index is 0.0337. The molecule has 1 amide bonds. The molecule has 0 unspecified atom stereocenters. The van der Waals surface area contributed by atoms with E-state index in [2.05, 4.69) is 14.7 Å². The molecule has 0 radical (unpaired) electrons. The number of hydrogen-bond donors (Lipinski definition) is 1. The largest absolute Gasteiger partial charge is 0.355 e. The van der Waals surface area contributed by atoms with E-state index in [9.17, 15) is 13.2 Å². The molecule has 0 bridgehead atoms. The first-order valence-corrected chi connectivity index (χ1v) is 11.5. The predicted molar refractivity (Wildman–Crippen MR) is 117 cm³/mol. The fourth-order valence-corrected chi connectivity index (χ4v) is 5.34. The van der Waals surface area contributed by atoms with Crippen LogP contribution in [0.2, 0.25) is 0 Å². The monoisotopic (exact) mass is 435 g/mol. The number of aromatic nitrogens is 2. The highest BCUT2D eigenvalue weighted by molar-refractivity contribution is 7.90. The SMILES string of the molecule is O=C(Nc1ccccc1-n1ccnc1)C1CCN(C2=NS(=O)(=O)c3ccccc32)CC1. The number of anilines is 1. The van der Waals surface area contributed by atoms with Gasteiger partial charge in [-0.05, 0) is 37.1 Å². The summed E-state index contributed by atoms with van der Waals surface area (Å²) < 4.78 is 30.5. The summed E-state index contributed by atoms with van der Waals surface area (Å²) in [6.07, 6.45) is 6.47. The molecule has 31 heavy (non-hydrogen) atoms. The second-order valence-electron chi connectivity index (χ2n) is 7.62. The average Bonchev–Trinajstić information content (AvgIpc) is 3.41. The van der Waals surface area contributed by atoms with Gasteiger partial charge in [0.2, 0.25) is 5.91 Å². The second kappa shape index (κ2) is 7.66. The lowest BCUT2D eigenvalue weighted by atomic mass is 9.95. The number of amidine groups is 1. The van der Waals surface area contributed by atoms with Crippen LogP contribution in [0.5, 0.6) is 0 Å². The fourth-order valence-electron chi connectivity index (χ4n) is 4.11. The van der Waals surface area contributed by atoms with Crippen molar-refractivity contribution in [2.45, 2.75) is 17.7 Å². The number of likely N-dealkylation sites (tertiary alicyclic amines) is 1. The number of imidazole rings is 1. The number of nitrogens with one attached hydrogen (secondary N) is 1. The van der Waals surface area contributed by atoms with E-state index in [-0.39, 0.29) is 16.7 Å². The number of para-hydroxylation sites is 2. The summed E-state index contributed by atoms with van der Waals surface area (Å²) in [5.74, 6) is 0.300. The van der Waals surface area contributed by atoms with E-state index in [1.807, 2.05) is 46.0 Å². The van der Waals surface area contributed by atoms with Gasteiger partial charge in [0, 0.05) is 37.0 Å². The maximum Gasteiger partial charge on any atom is 0.285 e. The molecule has 8 nitrogen and oxygen atoms in total. The molecule has 3 aromatic rings. The predicted octanol–water partition coefficient (Wildman–Crippen LogP) is 2.67. The summed E-state index contributed by atoms with van der Waals surface area (Å²) >= 11 is 0. The third-order valence-electron chi connectivity index (χ3n) is 5.72. The van der Waals surface area contributed by atoms with Crippen molar-refractivity contribution in [3.05, 3.63) is 72.8 Å². The Morgan fingerprint density at radius 2 is 1.77 bits per heavy atom. The van der Waals surface area contributed by atoms with E-state index in [0.29, 0.717) is 37.3 Å². The van der Waals surface area contributed by atoms with Crippen LogP contribution in [0.4, 0.5) is 5.69 Å². The standard InChI is InChI=1S/C22H21N5O3S/c28-22(24-18-6-2-3-7-19(18)27-14-11-23-15-27)16-9-12-26(13-10-16)21-17-5-1-4-8-20(17)31(29,30)25-21/h1-8,11,14-16H,9-10,12-13H2,(H,24,28). The molecule has 0 spiro atoms. The molecule has 2 aliphatic heterocycles. The second-order valence-corrected chi connectivity index (χ2v) is 9.20. The van der Waals surface area contributed by atoms with Crippen molar-refractivity contribution in [3.8, 4) is 5.69 Å². The molecule has 0 saturated carbocycles. The zero-order chi connectivity index (χ0) is 21.4. The van der Waals surface area contributed by atoms with Crippen molar-refractivity contribution in [1.29, 1.82) is 0 Å². The highest BCUT2D eigenvalue weighted by Gasteiger charge is 2.34. The Morgan fingerprint density at radius 3 is 2.55 bits per heavy atom. The van der Waals surface area contributed by atoms with Gasteiger partial charge >= 0.3 is 0 Å². The summed E-state index contributed by atoms with van der Waals surface area (Å²) in [5, 5.41) is 3.05. The fraction of sp³-hybridized carbons (Fsp3) is 0.227. The lowest BCUT2D eigenvalue weighted by Gasteiger charge is -2.32. The number of fused-ring (bicyclic) bond motifs is 1. The molecule has 2 aromatic carbocycles. The van der Waals surface area contributed by atoms with Crippen LogP contribution in [-0.4, -0.2) is 47.7 Å². The van der Waals surface area contributed by atoms with Crippen LogP contribution in [0.25, 0.3) is 5.69 Å². The smallest absolute Gasteiger partial charge is 0.285 e. The summed E-state index contributed by atoms with van der Waals surface area (Å²) in [6.45, 7) is 1.15. The highest BCUT2D eigenvalue weighted by atomic mass is 32.2. The Hall–Kier alpha value is -3.46. The van der Waals surface area contributed by atoms with Crippen LogP contribution >= 0.6 is 0 Å². The molecule has 158 valence electrons. The number of nitrogens with zero attached hydrogens (tertiary/aromatic N) is 4. The minimum atomic E-state index is -3.64. The van der Waals surface area contributed by atoms with Crippen molar-refractivity contribution < 1.29 is 13.2 Å². The van der Waals surface area contributed by atoms with Crippen LogP contribution in [-0.2, 0) is 14.8 Å². The van der Waals surface area contributed by atoms with Gasteiger partial charge in [-0.25, -0.2) is 4.98 Å². The lowest BCUT2D eigenvalue weighted by molar-refractivity contribution is -0.120. The quantitative estimate of drug-likeness (QED) is 0.682. The van der Waals surface area contributed by atoms with Gasteiger partial charge in [-0.2, -0.15) is 8.42 Å². The number of sulfonamides is 1. The Kier molecular flexibility index (Phi) is 4.82. The van der Waals surface area contributed by atoms with E-state index < -0.39 is 10.0 Å². The van der Waals surface area contributed by atoms with Crippen molar-refractivity contribution in [3.63, 3.8) is 0 Å². The van der Waals surface area contributed by atoms with Crippen molar-refractivity contribution in [1.82, 2.24) is 14.5 Å². The molecule has 1 fully saturated rings. The maximum absolute atomic E-state index is 12.9. The van der Waals surface area contributed by atoms with Crippen molar-refractivity contribution >= 4 is 27.5 Å². The molecule has 1 N–H and O–H groups in total. The molecule has 0 aliphatic carbocycles. The number of benzene rings is 2. The van der Waals surface area contributed by atoms with Gasteiger partial charge in [0.05, 0.1) is 17.7 Å². The van der Waals surface area contributed by atoms with Crippen LogP contribution in [0.1, 0.15) is 18.4 Å². The molecule has 1 aromatic heterocycles. The van der Waals surface area contributed by atoms with Gasteiger partial charge in [-0.1, -0.05) is 24.3 Å². The number of piperidine rings is 1. The first-order valence-electron chi connectivity index (χ1n) is 10.1. The third-order valence-corrected chi connectivity index (χ3v) is 7.05. The first-order chi connectivity index (χ1) is 15.0. The van der Waals surface area contributed by atoms with Gasteiger partial charge in [-0.15, -0.1) is 4.40 Å². The van der Waals surface area contributed by atoms with Crippen molar-refractivity contribution in [2.24, 2.45) is 10.3 Å². The lowest BCUT2D eigenvalue weighted by Crippen LogP contribution is -2.41. The molecule has 5 rings (SSSR count). The first kappa shape index (κ1) is 19.5. The van der Waals surface area contributed by atoms with Crippen LogP contribution in [0.15, 0.2) is 76.5 Å². The van der Waals surface area contributed by atoms with E-state index in [1.54, 1.807) is 30.7 Å². The summed E-state index contributed by atoms with van der Waals surface area (Å²) in [4.78, 5) is 19.2. The number of hydrogen-bond acceptors (Lipinski definition) is 5. The van der Waals surface area contributed by atoms with Gasteiger partial charge in [0.1, 0.15) is 4.90 Å². The zero-order valence-corrected chi connectivity index (χ0v) is 17.5. The molecule has 3 heterocycles. The van der Waals surface area contributed by atoms with E-state index in [0.717, 1.165) is 11.4 Å².